The van der Waals surface area contributed by atoms with Gasteiger partial charge in [-0.15, -0.1) is 9.36 Å². The number of hydrogen-bond donors (Lipinski definition) is 0. The Morgan fingerprint density at radius 1 is 0.578 bits per heavy atom. The third-order valence-corrected chi connectivity index (χ3v) is 7.49. The van der Waals surface area contributed by atoms with Crippen LogP contribution in [0.2, 0.25) is 0 Å². The zero-order valence-electron chi connectivity index (χ0n) is 26.5. The van der Waals surface area contributed by atoms with Crippen LogP contribution in [-0.2, 0) is 26.2 Å². The summed E-state index contributed by atoms with van der Waals surface area (Å²) in [4.78, 5) is 4.59. The van der Waals surface area contributed by atoms with Crippen molar-refractivity contribution in [3.05, 3.63) is 61.2 Å². The molecule has 0 saturated carbocycles. The molecule has 0 aliphatic heterocycles. The molecule has 0 spiro atoms. The lowest BCUT2D eigenvalue weighted by Crippen LogP contribution is -2.30. The molecule has 0 aliphatic rings. The molecule has 12 nitrogen and oxygen atoms in total. The van der Waals surface area contributed by atoms with Crippen LogP contribution in [0.15, 0.2) is 81.6 Å². The van der Waals surface area contributed by atoms with Crippen molar-refractivity contribution in [2.75, 3.05) is 37.0 Å². The van der Waals surface area contributed by atoms with E-state index < -0.39 is 0 Å². The van der Waals surface area contributed by atoms with Crippen molar-refractivity contribution >= 4 is 34.6 Å². The van der Waals surface area contributed by atoms with Crippen molar-refractivity contribution in [2.24, 2.45) is 20.5 Å². The van der Waals surface area contributed by atoms with Crippen LogP contribution in [0.1, 0.15) is 61.8 Å². The maximum Gasteiger partial charge on any atom is 0.403 e. The maximum absolute atomic E-state index is 4.45. The Kier molecular flexibility index (Phi) is 15.0. The minimum atomic E-state index is 0. The minimum Gasteiger partial charge on any atom is -0.375 e. The third-order valence-electron chi connectivity index (χ3n) is 7.49. The van der Waals surface area contributed by atoms with E-state index in [0.29, 0.717) is 0 Å². The van der Waals surface area contributed by atoms with Crippen LogP contribution in [0.3, 0.4) is 0 Å². The van der Waals surface area contributed by atoms with E-state index in [0.717, 1.165) is 75.4 Å². The van der Waals surface area contributed by atoms with Crippen LogP contribution in [0.25, 0.3) is 0 Å². The second kappa shape index (κ2) is 18.4. The Morgan fingerprint density at radius 3 is 1.29 bits per heavy atom. The average Bonchev–Trinajstić information content (AvgIpc) is 3.65. The van der Waals surface area contributed by atoms with Crippen LogP contribution < -0.4 is 18.9 Å². The number of nitrogens with zero attached hydrogens (tertiary/aromatic N) is 12. The predicted molar refractivity (Wildman–Crippen MR) is 183 cm³/mol. The molecule has 4 aromatic rings. The van der Waals surface area contributed by atoms with Gasteiger partial charge in [-0.2, -0.15) is 0 Å². The van der Waals surface area contributed by atoms with E-state index in [4.69, 9.17) is 0 Å². The molecule has 0 bridgehead atoms. The van der Waals surface area contributed by atoms with Crippen LogP contribution in [-0.4, -0.2) is 46.7 Å². The molecule has 0 amide bonds. The number of unbranched alkanes of at least 4 members (excludes halogenated alkanes) is 2. The second-order valence-corrected chi connectivity index (χ2v) is 10.4. The topological polar surface area (TPSA) is 99.3 Å². The highest BCUT2D eigenvalue weighted by atomic mass is 15.4. The molecule has 45 heavy (non-hydrogen) atoms. The highest BCUT2D eigenvalue weighted by Crippen LogP contribution is 2.23. The summed E-state index contributed by atoms with van der Waals surface area (Å²) in [6, 6.07) is 16.5. The van der Waals surface area contributed by atoms with E-state index in [1.165, 1.54) is 17.8 Å². The molecule has 0 aliphatic carbocycles. The summed E-state index contributed by atoms with van der Waals surface area (Å²) in [6.07, 6.45) is 7.03. The molecule has 2 aromatic carbocycles. The van der Waals surface area contributed by atoms with Gasteiger partial charge in [-0.25, -0.2) is 9.13 Å². The van der Waals surface area contributed by atoms with Gasteiger partial charge in [-0.05, 0) is 106 Å². The quantitative estimate of drug-likeness (QED) is 0.0734. The van der Waals surface area contributed by atoms with Crippen LogP contribution >= 0.6 is 0 Å². The van der Waals surface area contributed by atoms with Gasteiger partial charge in [0.2, 0.25) is 12.7 Å². The average molecular weight is 619 g/mol. The van der Waals surface area contributed by atoms with Gasteiger partial charge in [0.25, 0.3) is 0 Å². The first kappa shape index (κ1) is 36.7. The van der Waals surface area contributed by atoms with Gasteiger partial charge in [0.15, 0.2) is 0 Å². The van der Waals surface area contributed by atoms with Crippen molar-refractivity contribution in [3.63, 3.8) is 0 Å². The monoisotopic (exact) mass is 618 g/mol. The van der Waals surface area contributed by atoms with Crippen LogP contribution in [0.4, 0.5) is 34.6 Å². The van der Waals surface area contributed by atoms with Crippen LogP contribution in [0.5, 0.6) is 0 Å². The largest absolute Gasteiger partial charge is 0.403 e. The Hall–Kier alpha value is -4.48. The second-order valence-electron chi connectivity index (χ2n) is 10.4. The molecule has 0 saturated heterocycles. The summed E-state index contributed by atoms with van der Waals surface area (Å²) in [5.74, 6) is 1.52. The lowest BCUT2D eigenvalue weighted by molar-refractivity contribution is -0.681. The normalized spacial score (nSPS) is 11.2. The minimum absolute atomic E-state index is 0. The lowest BCUT2D eigenvalue weighted by Gasteiger charge is -2.21. The Labute approximate surface area is 269 Å². The maximum atomic E-state index is 4.45. The summed E-state index contributed by atoms with van der Waals surface area (Å²) in [5.41, 5.74) is 4.02. The molecule has 0 radical (unpaired) electrons. The van der Waals surface area contributed by atoms with Gasteiger partial charge < -0.3 is 9.80 Å². The van der Waals surface area contributed by atoms with Crippen molar-refractivity contribution in [1.29, 1.82) is 0 Å². The molecular weight excluding hydrogens is 564 g/mol. The molecule has 0 unspecified atom stereocenters. The Bertz CT molecular complexity index is 1310. The van der Waals surface area contributed by atoms with E-state index in [1.54, 1.807) is 12.7 Å². The highest BCUT2D eigenvalue weighted by Gasteiger charge is 2.16. The van der Waals surface area contributed by atoms with Crippen molar-refractivity contribution < 1.29 is 9.13 Å². The van der Waals surface area contributed by atoms with Gasteiger partial charge in [0.05, 0.1) is 37.6 Å². The Balaban J connectivity index is 0.00000353. The summed E-state index contributed by atoms with van der Waals surface area (Å²) in [6.45, 7) is 13.4. The lowest BCUT2D eigenvalue weighted by atomic mass is 10.2. The molecule has 4 rings (SSSR count). The van der Waals surface area contributed by atoms with Crippen molar-refractivity contribution in [2.45, 2.75) is 88.0 Å². The number of aryl methyl sites for hydroxylation is 4. The standard InChI is InChI=1S/C31H46N12.2CH4/c1-7-40-24-32-42(9-3)30(40)36-34-26-14-18-28(19-15-26)38(5)22-12-11-13-23-39(6)29-20-16-27(17-21-29)35-37-31-41(8-2)25-33-43(31)10-4;;/h14-21,24-25H,7-13,22-23H2,1-6H3;2*1H4/q+2;;. The molecule has 12 heteroatoms. The summed E-state index contributed by atoms with van der Waals surface area (Å²) < 4.78 is 7.68. The molecule has 244 valence electrons. The van der Waals surface area contributed by atoms with Gasteiger partial charge >= 0.3 is 11.9 Å². The van der Waals surface area contributed by atoms with E-state index in [1.807, 2.05) is 42.8 Å². The third kappa shape index (κ3) is 9.75. The van der Waals surface area contributed by atoms with E-state index >= 15 is 0 Å². The molecule has 0 N–H and O–H groups in total. The van der Waals surface area contributed by atoms with Gasteiger partial charge in [-0.1, -0.05) is 25.1 Å². The molecule has 0 fully saturated rings. The molecule has 0 atom stereocenters. The fourth-order valence-corrected chi connectivity index (χ4v) is 4.75. The summed E-state index contributed by atoms with van der Waals surface area (Å²) in [5, 5.41) is 26.5. The first-order chi connectivity index (χ1) is 21.0. The number of benzene rings is 2. The van der Waals surface area contributed by atoms with E-state index in [2.05, 4.69) is 107 Å². The molecule has 2 aromatic heterocycles. The number of hydrogen-bond acceptors (Lipinski definition) is 8. The smallest absolute Gasteiger partial charge is 0.375 e. The van der Waals surface area contributed by atoms with Gasteiger partial charge in [0, 0.05) is 48.8 Å². The summed E-state index contributed by atoms with van der Waals surface area (Å²) >= 11 is 0. The van der Waals surface area contributed by atoms with Crippen molar-refractivity contribution in [1.82, 2.24) is 19.6 Å². The molecule has 2 heterocycles. The molecular formula is C33H54N12+2. The summed E-state index contributed by atoms with van der Waals surface area (Å²) in [7, 11) is 4.28. The fraction of sp³-hybridized carbons (Fsp3) is 0.515. The SMILES string of the molecule is C.C.CCn1nc[n+](CC)c1N=Nc1ccc(N(C)CCCCCN(C)c2ccc(N=Nc3n(CC)nc[n+]3CC)cc2)cc1. The number of azo groups is 2. The first-order valence-corrected chi connectivity index (χ1v) is 15.3. The van der Waals surface area contributed by atoms with E-state index in [9.17, 15) is 0 Å². The number of aromatic nitrogens is 6. The predicted octanol–water partition coefficient (Wildman–Crippen LogP) is 7.58. The Morgan fingerprint density at radius 2 is 0.956 bits per heavy atom. The van der Waals surface area contributed by atoms with E-state index in [-0.39, 0.29) is 14.9 Å². The first-order valence-electron chi connectivity index (χ1n) is 15.3. The fourth-order valence-electron chi connectivity index (χ4n) is 4.75. The number of anilines is 2. The zero-order chi connectivity index (χ0) is 30.6. The van der Waals surface area contributed by atoms with Gasteiger partial charge in [0.1, 0.15) is 0 Å². The van der Waals surface area contributed by atoms with Gasteiger partial charge in [-0.3, -0.25) is 0 Å². The zero-order valence-corrected chi connectivity index (χ0v) is 26.5. The van der Waals surface area contributed by atoms with Crippen LogP contribution in [0, 0.1) is 0 Å². The van der Waals surface area contributed by atoms with Crippen molar-refractivity contribution in [3.8, 4) is 0 Å². The highest BCUT2D eigenvalue weighted by molar-refractivity contribution is 5.53. The number of rotatable bonds is 16.